The molecule has 2 aromatic carbocycles. The largest absolute Gasteiger partial charge is 0.207 e. The maximum atomic E-state index is 13.5. The summed E-state index contributed by atoms with van der Waals surface area (Å²) in [4.78, 5) is 0. The second-order valence-electron chi connectivity index (χ2n) is 3.94. The Morgan fingerprint density at radius 3 is 2.44 bits per heavy atom. The molecule has 2 aromatic rings. The number of rotatable bonds is 3. The van der Waals surface area contributed by atoms with Crippen LogP contribution < -0.4 is 0 Å². The van der Waals surface area contributed by atoms with Crippen LogP contribution in [-0.4, -0.2) is 0 Å². The summed E-state index contributed by atoms with van der Waals surface area (Å²) in [5, 5.41) is -0.454. The van der Waals surface area contributed by atoms with Crippen LogP contribution in [0.4, 0.5) is 8.78 Å². The fraction of sp³-hybridized carbons (Fsp3) is 0.143. The van der Waals surface area contributed by atoms with Crippen molar-refractivity contribution in [3.05, 3.63) is 69.7 Å². The number of alkyl halides is 1. The lowest BCUT2D eigenvalue weighted by Gasteiger charge is -2.11. The van der Waals surface area contributed by atoms with Crippen molar-refractivity contribution in [2.24, 2.45) is 0 Å². The van der Waals surface area contributed by atoms with Gasteiger partial charge in [-0.3, -0.25) is 0 Å². The molecule has 0 heterocycles. The van der Waals surface area contributed by atoms with E-state index in [2.05, 4.69) is 15.9 Å². The van der Waals surface area contributed by atoms with E-state index >= 15 is 0 Å². The summed E-state index contributed by atoms with van der Waals surface area (Å²) in [5.41, 5.74) is 1.17. The highest BCUT2D eigenvalue weighted by Crippen LogP contribution is 2.28. The minimum atomic E-state index is -0.454. The van der Waals surface area contributed by atoms with Gasteiger partial charge < -0.3 is 0 Å². The monoisotopic (exact) mass is 330 g/mol. The van der Waals surface area contributed by atoms with Crippen molar-refractivity contribution in [2.75, 3.05) is 0 Å². The van der Waals surface area contributed by atoms with Crippen LogP contribution in [0.15, 0.2) is 46.9 Å². The van der Waals surface area contributed by atoms with Crippen LogP contribution in [0.5, 0.6) is 0 Å². The van der Waals surface area contributed by atoms with E-state index < -0.39 is 5.38 Å². The summed E-state index contributed by atoms with van der Waals surface area (Å²) in [6.45, 7) is 0. The van der Waals surface area contributed by atoms with E-state index in [9.17, 15) is 8.78 Å². The number of hydrogen-bond donors (Lipinski definition) is 0. The summed E-state index contributed by atoms with van der Waals surface area (Å²) in [7, 11) is 0. The van der Waals surface area contributed by atoms with Crippen LogP contribution in [-0.2, 0) is 6.42 Å². The Hall–Kier alpha value is -0.930. The highest BCUT2D eigenvalue weighted by Gasteiger charge is 2.13. The molecule has 0 aliphatic carbocycles. The van der Waals surface area contributed by atoms with Gasteiger partial charge in [-0.15, -0.1) is 11.6 Å². The lowest BCUT2D eigenvalue weighted by Crippen LogP contribution is -1.99. The summed E-state index contributed by atoms with van der Waals surface area (Å²) in [6.07, 6.45) is 0.329. The lowest BCUT2D eigenvalue weighted by atomic mass is 10.0. The van der Waals surface area contributed by atoms with Crippen molar-refractivity contribution in [2.45, 2.75) is 11.8 Å². The molecular weight excluding hydrogens is 322 g/mol. The minimum absolute atomic E-state index is 0.291. The van der Waals surface area contributed by atoms with Crippen LogP contribution in [0.25, 0.3) is 0 Å². The van der Waals surface area contributed by atoms with Gasteiger partial charge in [0.15, 0.2) is 0 Å². The SMILES string of the molecule is Fc1cc(C(Cl)Cc2ccccc2F)ccc1Br. The maximum absolute atomic E-state index is 13.5. The fourth-order valence-electron chi connectivity index (χ4n) is 1.68. The van der Waals surface area contributed by atoms with E-state index in [-0.39, 0.29) is 11.6 Å². The first-order valence-corrected chi connectivity index (χ1v) is 6.63. The van der Waals surface area contributed by atoms with E-state index in [4.69, 9.17) is 11.6 Å². The molecule has 0 aliphatic rings. The van der Waals surface area contributed by atoms with Crippen molar-refractivity contribution in [1.29, 1.82) is 0 Å². The highest BCUT2D eigenvalue weighted by atomic mass is 79.9. The Morgan fingerprint density at radius 2 is 1.78 bits per heavy atom. The molecule has 0 fully saturated rings. The van der Waals surface area contributed by atoms with Gasteiger partial charge in [0.25, 0.3) is 0 Å². The minimum Gasteiger partial charge on any atom is -0.207 e. The molecule has 94 valence electrons. The molecule has 0 nitrogen and oxygen atoms in total. The van der Waals surface area contributed by atoms with Crippen molar-refractivity contribution in [3.8, 4) is 0 Å². The quantitative estimate of drug-likeness (QED) is 0.674. The van der Waals surface area contributed by atoms with Gasteiger partial charge in [0, 0.05) is 0 Å². The van der Waals surface area contributed by atoms with Gasteiger partial charge in [-0.2, -0.15) is 0 Å². The molecule has 0 aliphatic heterocycles. The molecule has 0 aromatic heterocycles. The molecule has 18 heavy (non-hydrogen) atoms. The van der Waals surface area contributed by atoms with E-state index in [0.29, 0.717) is 22.0 Å². The van der Waals surface area contributed by atoms with Crippen molar-refractivity contribution >= 4 is 27.5 Å². The Balaban J connectivity index is 2.19. The van der Waals surface area contributed by atoms with Crippen molar-refractivity contribution in [1.82, 2.24) is 0 Å². The molecule has 2 rings (SSSR count). The Bertz CT molecular complexity index is 557. The zero-order valence-electron chi connectivity index (χ0n) is 9.34. The number of benzene rings is 2. The van der Waals surface area contributed by atoms with Gasteiger partial charge in [-0.05, 0) is 51.7 Å². The van der Waals surface area contributed by atoms with Gasteiger partial charge in [-0.25, -0.2) is 8.78 Å². The van der Waals surface area contributed by atoms with Crippen LogP contribution in [0, 0.1) is 11.6 Å². The van der Waals surface area contributed by atoms with Crippen LogP contribution in [0.1, 0.15) is 16.5 Å². The van der Waals surface area contributed by atoms with Gasteiger partial charge in [0.05, 0.1) is 9.85 Å². The molecular formula is C14H10BrClF2. The molecule has 4 heteroatoms. The first-order chi connectivity index (χ1) is 8.58. The third kappa shape index (κ3) is 3.09. The molecule has 1 atom stereocenters. The van der Waals surface area contributed by atoms with E-state index in [1.54, 1.807) is 30.3 Å². The van der Waals surface area contributed by atoms with Gasteiger partial charge in [-0.1, -0.05) is 24.3 Å². The van der Waals surface area contributed by atoms with Crippen LogP contribution in [0.2, 0.25) is 0 Å². The average molecular weight is 332 g/mol. The molecule has 0 radical (unpaired) electrons. The second-order valence-corrected chi connectivity index (χ2v) is 5.32. The molecule has 0 saturated heterocycles. The van der Waals surface area contributed by atoms with Gasteiger partial charge >= 0.3 is 0 Å². The molecule has 0 saturated carbocycles. The summed E-state index contributed by atoms with van der Waals surface area (Å²) < 4.78 is 27.2. The summed E-state index contributed by atoms with van der Waals surface area (Å²) >= 11 is 9.27. The van der Waals surface area contributed by atoms with Crippen molar-refractivity contribution < 1.29 is 8.78 Å². The second kappa shape index (κ2) is 5.81. The molecule has 0 N–H and O–H groups in total. The molecule has 0 bridgehead atoms. The topological polar surface area (TPSA) is 0 Å². The Morgan fingerprint density at radius 1 is 1.06 bits per heavy atom. The maximum Gasteiger partial charge on any atom is 0.137 e. The predicted octanol–water partition coefficient (Wildman–Crippen LogP) is 5.25. The first-order valence-electron chi connectivity index (χ1n) is 5.40. The summed E-state index contributed by atoms with van der Waals surface area (Å²) in [6, 6.07) is 11.1. The van der Waals surface area contributed by atoms with Gasteiger partial charge in [0.1, 0.15) is 11.6 Å². The zero-order valence-corrected chi connectivity index (χ0v) is 11.7. The normalized spacial score (nSPS) is 12.4. The van der Waals surface area contributed by atoms with E-state index in [1.807, 2.05) is 0 Å². The molecule has 1 unspecified atom stereocenters. The fourth-order valence-corrected chi connectivity index (χ4v) is 2.23. The number of hydrogen-bond acceptors (Lipinski definition) is 0. The molecule has 0 amide bonds. The summed E-state index contributed by atoms with van der Waals surface area (Å²) in [5.74, 6) is -0.660. The lowest BCUT2D eigenvalue weighted by molar-refractivity contribution is 0.605. The highest BCUT2D eigenvalue weighted by molar-refractivity contribution is 9.10. The third-order valence-corrected chi connectivity index (χ3v) is 3.71. The smallest absolute Gasteiger partial charge is 0.137 e. The Labute approximate surface area is 118 Å². The first kappa shape index (κ1) is 13.5. The Kier molecular flexibility index (Phi) is 4.36. The number of halogens is 4. The van der Waals surface area contributed by atoms with Crippen LogP contribution >= 0.6 is 27.5 Å². The molecule has 0 spiro atoms. The standard InChI is InChI=1S/C14H10BrClF2/c15-11-6-5-9(8-14(11)18)12(16)7-10-3-1-2-4-13(10)17/h1-6,8,12H,7H2. The average Bonchev–Trinajstić information content (AvgIpc) is 2.35. The third-order valence-electron chi connectivity index (χ3n) is 2.66. The van der Waals surface area contributed by atoms with E-state index in [1.165, 1.54) is 12.1 Å². The predicted molar refractivity (Wildman–Crippen MR) is 72.8 cm³/mol. The van der Waals surface area contributed by atoms with Crippen molar-refractivity contribution in [3.63, 3.8) is 0 Å². The van der Waals surface area contributed by atoms with E-state index in [0.717, 1.165) is 0 Å². The van der Waals surface area contributed by atoms with Crippen LogP contribution in [0.3, 0.4) is 0 Å². The zero-order chi connectivity index (χ0) is 13.1. The van der Waals surface area contributed by atoms with Gasteiger partial charge in [0.2, 0.25) is 0 Å².